The molecule has 8 nitrogen and oxygen atoms in total. The van der Waals surface area contributed by atoms with Crippen molar-refractivity contribution in [2.75, 3.05) is 6.54 Å². The number of amidine groups is 1. The monoisotopic (exact) mass is 438 g/mol. The summed E-state index contributed by atoms with van der Waals surface area (Å²) in [5, 5.41) is 22.4. The number of likely N-dealkylation sites (tertiary alicyclic amines) is 1. The fraction of sp³-hybridized carbons (Fsp3) is 0.542. The molecule has 3 aliphatic rings. The number of hydrogen-bond acceptors (Lipinski definition) is 7. The van der Waals surface area contributed by atoms with Crippen LogP contribution in [0, 0.1) is 12.8 Å². The highest BCUT2D eigenvalue weighted by Crippen LogP contribution is 2.40. The summed E-state index contributed by atoms with van der Waals surface area (Å²) in [5.74, 6) is 0.601. The number of hydrogen-bond donors (Lipinski definition) is 2. The minimum absolute atomic E-state index is 0.0135. The first-order chi connectivity index (χ1) is 15.4. The van der Waals surface area contributed by atoms with Crippen LogP contribution in [-0.4, -0.2) is 45.6 Å². The summed E-state index contributed by atoms with van der Waals surface area (Å²) < 4.78 is 5.45. The third-order valence-corrected chi connectivity index (χ3v) is 6.82. The molecule has 1 spiro atoms. The van der Waals surface area contributed by atoms with E-state index in [1.165, 1.54) is 5.56 Å². The molecule has 4 atom stereocenters. The zero-order valence-corrected chi connectivity index (χ0v) is 18.7. The number of oxime groups is 1. The lowest BCUT2D eigenvalue weighted by Gasteiger charge is -2.35. The van der Waals surface area contributed by atoms with Gasteiger partial charge in [-0.15, -0.1) is 0 Å². The van der Waals surface area contributed by atoms with E-state index in [4.69, 9.17) is 9.36 Å². The topological polar surface area (TPSA) is 100 Å². The van der Waals surface area contributed by atoms with E-state index in [1.54, 1.807) is 4.90 Å². The first-order valence-corrected chi connectivity index (χ1v) is 11.4. The maximum Gasteiger partial charge on any atom is 0.234 e. The third kappa shape index (κ3) is 3.46. The second kappa shape index (κ2) is 7.92. The van der Waals surface area contributed by atoms with E-state index in [-0.39, 0.29) is 24.4 Å². The van der Waals surface area contributed by atoms with Gasteiger partial charge in [0, 0.05) is 31.0 Å². The van der Waals surface area contributed by atoms with E-state index in [0.717, 1.165) is 30.5 Å². The van der Waals surface area contributed by atoms with Crippen LogP contribution in [0.2, 0.25) is 0 Å². The molecule has 2 aromatic rings. The molecule has 5 rings (SSSR count). The summed E-state index contributed by atoms with van der Waals surface area (Å²) in [7, 11) is 0. The molecule has 1 fully saturated rings. The molecule has 1 aromatic carbocycles. The molecule has 1 amide bonds. The molecule has 3 unspecified atom stereocenters. The molecule has 3 heterocycles. The summed E-state index contributed by atoms with van der Waals surface area (Å²) in [6.07, 6.45) is 2.60. The molecule has 2 N–H and O–H groups in total. The van der Waals surface area contributed by atoms with Gasteiger partial charge in [-0.3, -0.25) is 4.79 Å². The molecule has 170 valence electrons. The molecule has 2 aliphatic heterocycles. The Morgan fingerprint density at radius 2 is 2.16 bits per heavy atom. The molecular weight excluding hydrogens is 408 g/mol. The molecule has 1 saturated heterocycles. The molecule has 0 saturated carbocycles. The number of aliphatic hydroxyl groups is 1. The molecule has 0 bridgehead atoms. The average molecular weight is 439 g/mol. The number of carbonyl (C=O) groups is 1. The van der Waals surface area contributed by atoms with Crippen LogP contribution in [-0.2, 0) is 21.8 Å². The van der Waals surface area contributed by atoms with Crippen molar-refractivity contribution in [3.8, 4) is 0 Å². The van der Waals surface area contributed by atoms with E-state index >= 15 is 0 Å². The van der Waals surface area contributed by atoms with Crippen LogP contribution in [0.15, 0.2) is 40.0 Å². The minimum atomic E-state index is -0.702. The van der Waals surface area contributed by atoms with Crippen molar-refractivity contribution in [2.24, 2.45) is 11.1 Å². The van der Waals surface area contributed by atoms with E-state index < -0.39 is 17.7 Å². The Labute approximate surface area is 187 Å². The van der Waals surface area contributed by atoms with Crippen molar-refractivity contribution in [3.05, 3.63) is 52.9 Å². The maximum atomic E-state index is 13.7. The summed E-state index contributed by atoms with van der Waals surface area (Å²) >= 11 is 0. The summed E-state index contributed by atoms with van der Waals surface area (Å²) in [4.78, 5) is 21.4. The first-order valence-electron chi connectivity index (χ1n) is 11.4. The number of fused-ring (bicyclic) bond motifs is 2. The Morgan fingerprint density at radius 3 is 2.91 bits per heavy atom. The van der Waals surface area contributed by atoms with Crippen molar-refractivity contribution in [3.63, 3.8) is 0 Å². The van der Waals surface area contributed by atoms with Crippen molar-refractivity contribution < 1.29 is 19.3 Å². The quantitative estimate of drug-likeness (QED) is 0.761. The van der Waals surface area contributed by atoms with Crippen LogP contribution in [0.1, 0.15) is 61.6 Å². The highest BCUT2D eigenvalue weighted by molar-refractivity contribution is 5.94. The van der Waals surface area contributed by atoms with Crippen LogP contribution >= 0.6 is 0 Å². The van der Waals surface area contributed by atoms with Gasteiger partial charge >= 0.3 is 0 Å². The Balaban J connectivity index is 1.41. The predicted molar refractivity (Wildman–Crippen MR) is 118 cm³/mol. The number of aromatic nitrogens is 1. The largest absolute Gasteiger partial charge is 0.391 e. The predicted octanol–water partition coefficient (Wildman–Crippen LogP) is 2.81. The molecular formula is C24H30N4O4. The van der Waals surface area contributed by atoms with Gasteiger partial charge in [-0.25, -0.2) is 0 Å². The zero-order chi connectivity index (χ0) is 22.5. The Hall–Kier alpha value is -2.87. The number of nitrogens with one attached hydrogen (secondary N) is 1. The lowest BCUT2D eigenvalue weighted by atomic mass is 9.84. The van der Waals surface area contributed by atoms with Gasteiger partial charge in [0.2, 0.25) is 11.6 Å². The second-order valence-electron chi connectivity index (χ2n) is 9.52. The van der Waals surface area contributed by atoms with Crippen LogP contribution < -0.4 is 5.32 Å². The highest BCUT2D eigenvalue weighted by atomic mass is 16.7. The standard InChI is InChI=1S/C24H30N4O4/c1-14(2)21(20-11-15(3)26-31-20)23(30)28-13-17(29)12-19(28)22-25-24(32-27-22)10-6-8-16-7-4-5-9-18(16)24/h4-5,7,9,11,14,17,19,21,29H,6,8,10,12-13H2,1-3H3,(H,25,27)/t17-,19?,21?,24?/m1/s1. The van der Waals surface area contributed by atoms with Gasteiger partial charge < -0.3 is 24.7 Å². The number of aryl methyl sites for hydroxylation is 2. The third-order valence-electron chi connectivity index (χ3n) is 6.82. The number of carbonyl (C=O) groups excluding carboxylic acids is 1. The second-order valence-corrected chi connectivity index (χ2v) is 9.52. The fourth-order valence-electron chi connectivity index (χ4n) is 5.30. The summed E-state index contributed by atoms with van der Waals surface area (Å²) in [6, 6.07) is 9.69. The number of benzene rings is 1. The molecule has 32 heavy (non-hydrogen) atoms. The maximum absolute atomic E-state index is 13.7. The summed E-state index contributed by atoms with van der Waals surface area (Å²) in [5.41, 5.74) is 2.39. The van der Waals surface area contributed by atoms with Crippen molar-refractivity contribution in [1.82, 2.24) is 15.4 Å². The van der Waals surface area contributed by atoms with Gasteiger partial charge in [0.25, 0.3) is 0 Å². The number of nitrogens with zero attached hydrogens (tertiary/aromatic N) is 3. The zero-order valence-electron chi connectivity index (χ0n) is 18.7. The van der Waals surface area contributed by atoms with E-state index in [2.05, 4.69) is 27.8 Å². The van der Waals surface area contributed by atoms with Crippen LogP contribution in [0.25, 0.3) is 0 Å². The van der Waals surface area contributed by atoms with E-state index in [0.29, 0.717) is 18.0 Å². The Kier molecular flexibility index (Phi) is 5.20. The van der Waals surface area contributed by atoms with Crippen LogP contribution in [0.4, 0.5) is 0 Å². The van der Waals surface area contributed by atoms with Crippen LogP contribution in [0.5, 0.6) is 0 Å². The van der Waals surface area contributed by atoms with Gasteiger partial charge in [-0.05, 0) is 31.2 Å². The SMILES string of the molecule is Cc1cc(C(C(=O)N2C[C@H](O)CC2C2=NOC3(CCCc4ccccc43)N2)C(C)C)on1. The Bertz CT molecular complexity index is 1050. The lowest BCUT2D eigenvalue weighted by molar-refractivity contribution is -0.134. The highest BCUT2D eigenvalue weighted by Gasteiger charge is 2.49. The van der Waals surface area contributed by atoms with Gasteiger partial charge in [-0.1, -0.05) is 48.4 Å². The Morgan fingerprint density at radius 1 is 1.34 bits per heavy atom. The normalized spacial score (nSPS) is 27.8. The smallest absolute Gasteiger partial charge is 0.234 e. The molecule has 0 radical (unpaired) electrons. The number of aliphatic hydroxyl groups excluding tert-OH is 1. The summed E-state index contributed by atoms with van der Waals surface area (Å²) in [6.45, 7) is 6.08. The molecule has 8 heteroatoms. The van der Waals surface area contributed by atoms with Gasteiger partial charge in [0.15, 0.2) is 5.84 Å². The van der Waals surface area contributed by atoms with Crippen molar-refractivity contribution in [2.45, 2.75) is 70.2 Å². The molecule has 1 aromatic heterocycles. The number of rotatable bonds is 4. The number of β-amino-alcohol motifs (C(OH)–C–C–N with tert-alkyl or cyclic N) is 1. The average Bonchev–Trinajstić information content (AvgIpc) is 3.48. The first kappa shape index (κ1) is 21.0. The minimum Gasteiger partial charge on any atom is -0.391 e. The van der Waals surface area contributed by atoms with Gasteiger partial charge in [-0.2, -0.15) is 0 Å². The van der Waals surface area contributed by atoms with Crippen molar-refractivity contribution >= 4 is 11.7 Å². The van der Waals surface area contributed by atoms with E-state index in [1.807, 2.05) is 39.0 Å². The van der Waals surface area contributed by atoms with Crippen LogP contribution in [0.3, 0.4) is 0 Å². The number of amides is 1. The van der Waals surface area contributed by atoms with Gasteiger partial charge in [0.05, 0.1) is 17.8 Å². The fourth-order valence-corrected chi connectivity index (χ4v) is 5.30. The van der Waals surface area contributed by atoms with Crippen molar-refractivity contribution in [1.29, 1.82) is 0 Å². The van der Waals surface area contributed by atoms with Gasteiger partial charge in [0.1, 0.15) is 11.7 Å². The molecule has 1 aliphatic carbocycles. The van der Waals surface area contributed by atoms with E-state index in [9.17, 15) is 9.90 Å². The lowest BCUT2D eigenvalue weighted by Crippen LogP contribution is -2.52.